The number of carbonyl (C=O) groups is 1. The topological polar surface area (TPSA) is 139 Å². The number of nitriles is 1. The van der Waals surface area contributed by atoms with Gasteiger partial charge in [0.25, 0.3) is 5.91 Å². The zero-order valence-corrected chi connectivity index (χ0v) is 9.40. The number of rotatable bonds is 5. The van der Waals surface area contributed by atoms with Crippen LogP contribution in [0.3, 0.4) is 0 Å². The van der Waals surface area contributed by atoms with E-state index in [0.29, 0.717) is 5.71 Å². The number of hydrazone groups is 1. The number of nitro groups is 1. The molecule has 1 aromatic rings. The highest BCUT2D eigenvalue weighted by Gasteiger charge is 2.13. The third kappa shape index (κ3) is 3.97. The fourth-order valence-electron chi connectivity index (χ4n) is 0.984. The first-order chi connectivity index (χ1) is 8.52. The maximum Gasteiger partial charge on any atom is 0.490 e. The largest absolute Gasteiger partial charge is 0.490 e. The molecule has 0 saturated heterocycles. The number of hydrogen-bond donors (Lipinski definition) is 1. The van der Waals surface area contributed by atoms with Gasteiger partial charge in [0, 0.05) is 5.10 Å². The molecule has 1 rings (SSSR count). The quantitative estimate of drug-likeness (QED) is 0.428. The number of nitrogens with one attached hydrogen (secondary N) is 1. The van der Waals surface area contributed by atoms with Crippen molar-refractivity contribution in [3.63, 3.8) is 0 Å². The van der Waals surface area contributed by atoms with Crippen molar-refractivity contribution in [3.05, 3.63) is 16.4 Å². The van der Waals surface area contributed by atoms with Gasteiger partial charge in [-0.3, -0.25) is 4.79 Å². The molecule has 0 spiro atoms. The molecule has 0 radical (unpaired) electrons. The Bertz CT molecular complexity index is 527. The van der Waals surface area contributed by atoms with Crippen molar-refractivity contribution in [3.8, 4) is 6.07 Å². The summed E-state index contributed by atoms with van der Waals surface area (Å²) in [6.07, 6.45) is 0.903. The van der Waals surface area contributed by atoms with Crippen LogP contribution in [0.4, 0.5) is 5.95 Å². The van der Waals surface area contributed by atoms with Crippen molar-refractivity contribution in [1.29, 1.82) is 5.26 Å². The molecule has 1 amide bonds. The highest BCUT2D eigenvalue weighted by atomic mass is 16.6. The molecule has 0 aliphatic carbocycles. The molecule has 1 N–H and O–H groups in total. The predicted molar refractivity (Wildman–Crippen MR) is 58.2 cm³/mol. The number of amides is 1. The Kier molecular flexibility index (Phi) is 4.44. The molecule has 1 aromatic heterocycles. The molecule has 0 aliphatic rings. The van der Waals surface area contributed by atoms with E-state index in [2.05, 4.69) is 20.6 Å². The standard InChI is InChI=1S/C8H9N7O3/c1-6(11-12-7(16)2-3-9)4-14-5-10-8(13-14)15(17)18/h5H,2,4H2,1H3,(H,12,16). The SMILES string of the molecule is CC(Cn1cnc([N+](=O)[O-])n1)=NNC(=O)CC#N. The average molecular weight is 251 g/mol. The van der Waals surface area contributed by atoms with Gasteiger partial charge in [-0.25, -0.2) is 5.43 Å². The average Bonchev–Trinajstić information content (AvgIpc) is 2.75. The summed E-state index contributed by atoms with van der Waals surface area (Å²) >= 11 is 0. The molecular weight excluding hydrogens is 242 g/mol. The van der Waals surface area contributed by atoms with Gasteiger partial charge in [0.05, 0.1) is 18.3 Å². The van der Waals surface area contributed by atoms with E-state index >= 15 is 0 Å². The van der Waals surface area contributed by atoms with Gasteiger partial charge in [0.1, 0.15) is 6.42 Å². The Hall–Kier alpha value is -2.83. The lowest BCUT2D eigenvalue weighted by molar-refractivity contribution is -0.394. The molecule has 94 valence electrons. The van der Waals surface area contributed by atoms with Gasteiger partial charge in [0.15, 0.2) is 0 Å². The van der Waals surface area contributed by atoms with Crippen molar-refractivity contribution in [2.45, 2.75) is 19.9 Å². The summed E-state index contributed by atoms with van der Waals surface area (Å²) < 4.78 is 1.22. The molecule has 0 saturated carbocycles. The molecule has 1 heterocycles. The zero-order valence-electron chi connectivity index (χ0n) is 9.40. The normalized spacial score (nSPS) is 10.8. The van der Waals surface area contributed by atoms with Crippen molar-refractivity contribution in [1.82, 2.24) is 20.2 Å². The molecule has 0 aromatic carbocycles. The summed E-state index contributed by atoms with van der Waals surface area (Å²) in [6, 6.07) is 1.67. The molecule has 18 heavy (non-hydrogen) atoms. The second kappa shape index (κ2) is 6.04. The number of nitrogens with zero attached hydrogens (tertiary/aromatic N) is 6. The Morgan fingerprint density at radius 1 is 1.78 bits per heavy atom. The van der Waals surface area contributed by atoms with E-state index in [4.69, 9.17) is 5.26 Å². The summed E-state index contributed by atoms with van der Waals surface area (Å²) in [5.41, 5.74) is 2.62. The van der Waals surface area contributed by atoms with E-state index in [1.807, 2.05) is 0 Å². The van der Waals surface area contributed by atoms with Crippen molar-refractivity contribution >= 4 is 17.6 Å². The highest BCUT2D eigenvalue weighted by Crippen LogP contribution is 1.99. The van der Waals surface area contributed by atoms with Gasteiger partial charge in [0.2, 0.25) is 6.33 Å². The molecule has 10 nitrogen and oxygen atoms in total. The maximum absolute atomic E-state index is 10.9. The Balaban J connectivity index is 2.55. The van der Waals surface area contributed by atoms with Crippen LogP contribution in [-0.2, 0) is 11.3 Å². The van der Waals surface area contributed by atoms with E-state index in [9.17, 15) is 14.9 Å². The van der Waals surface area contributed by atoms with Gasteiger partial charge < -0.3 is 10.1 Å². The first-order valence-corrected chi connectivity index (χ1v) is 4.75. The fourth-order valence-corrected chi connectivity index (χ4v) is 0.984. The number of hydrogen-bond acceptors (Lipinski definition) is 7. The van der Waals surface area contributed by atoms with Crippen LogP contribution >= 0.6 is 0 Å². The lowest BCUT2D eigenvalue weighted by atomic mass is 10.4. The van der Waals surface area contributed by atoms with Gasteiger partial charge >= 0.3 is 5.95 Å². The first-order valence-electron chi connectivity index (χ1n) is 4.75. The summed E-state index contributed by atoms with van der Waals surface area (Å²) in [6.45, 7) is 1.74. The van der Waals surface area contributed by atoms with Crippen LogP contribution in [-0.4, -0.2) is 31.3 Å². The minimum atomic E-state index is -0.711. The second-order valence-corrected chi connectivity index (χ2v) is 3.22. The van der Waals surface area contributed by atoms with Gasteiger partial charge in [-0.15, -0.1) is 0 Å². The van der Waals surface area contributed by atoms with Crippen LogP contribution in [0.2, 0.25) is 0 Å². The van der Waals surface area contributed by atoms with Crippen LogP contribution in [0.15, 0.2) is 11.4 Å². The minimum absolute atomic E-state index is 0.147. The molecule has 0 aliphatic heterocycles. The Labute approximate surface area is 101 Å². The van der Waals surface area contributed by atoms with E-state index < -0.39 is 16.8 Å². The Morgan fingerprint density at radius 2 is 2.50 bits per heavy atom. The lowest BCUT2D eigenvalue weighted by Gasteiger charge is -1.98. The van der Waals surface area contributed by atoms with Crippen LogP contribution in [0, 0.1) is 21.4 Å². The molecule has 0 atom stereocenters. The monoisotopic (exact) mass is 251 g/mol. The summed E-state index contributed by atoms with van der Waals surface area (Å²) in [7, 11) is 0. The first kappa shape index (κ1) is 13.2. The van der Waals surface area contributed by atoms with Gasteiger partial charge in [-0.1, -0.05) is 4.98 Å². The van der Waals surface area contributed by atoms with E-state index in [-0.39, 0.29) is 13.0 Å². The number of aromatic nitrogens is 3. The van der Waals surface area contributed by atoms with Gasteiger partial charge in [-0.2, -0.15) is 15.0 Å². The predicted octanol–water partition coefficient (Wildman–Crippen LogP) is -0.408. The fraction of sp³-hybridized carbons (Fsp3) is 0.375. The third-order valence-corrected chi connectivity index (χ3v) is 1.69. The summed E-state index contributed by atoms with van der Waals surface area (Å²) in [5, 5.41) is 25.9. The van der Waals surface area contributed by atoms with Crippen molar-refractivity contribution < 1.29 is 9.72 Å². The van der Waals surface area contributed by atoms with Gasteiger partial charge in [-0.05, 0) is 11.8 Å². The minimum Gasteiger partial charge on any atom is -0.390 e. The van der Waals surface area contributed by atoms with Crippen LogP contribution < -0.4 is 5.43 Å². The second-order valence-electron chi connectivity index (χ2n) is 3.22. The van der Waals surface area contributed by atoms with Crippen LogP contribution in [0.25, 0.3) is 0 Å². The summed E-state index contributed by atoms with van der Waals surface area (Å²) in [4.78, 5) is 24.0. The third-order valence-electron chi connectivity index (χ3n) is 1.69. The van der Waals surface area contributed by atoms with Crippen molar-refractivity contribution in [2.75, 3.05) is 0 Å². The molecular formula is C8H9N7O3. The van der Waals surface area contributed by atoms with Crippen LogP contribution in [0.5, 0.6) is 0 Å². The maximum atomic E-state index is 10.9. The molecule has 0 unspecified atom stereocenters. The molecule has 10 heteroatoms. The van der Waals surface area contributed by atoms with Crippen molar-refractivity contribution in [2.24, 2.45) is 5.10 Å². The number of carbonyl (C=O) groups excluding carboxylic acids is 1. The summed E-state index contributed by atoms with van der Waals surface area (Å²) in [5.74, 6) is -1.03. The Morgan fingerprint density at radius 3 is 3.06 bits per heavy atom. The molecule has 0 fully saturated rings. The van der Waals surface area contributed by atoms with E-state index in [1.54, 1.807) is 13.0 Å². The smallest absolute Gasteiger partial charge is 0.390 e. The van der Waals surface area contributed by atoms with E-state index in [0.717, 1.165) is 0 Å². The zero-order chi connectivity index (χ0) is 13.5. The molecule has 0 bridgehead atoms. The van der Waals surface area contributed by atoms with Crippen LogP contribution in [0.1, 0.15) is 13.3 Å². The highest BCUT2D eigenvalue weighted by molar-refractivity contribution is 5.84. The van der Waals surface area contributed by atoms with E-state index in [1.165, 1.54) is 11.0 Å². The lowest BCUT2D eigenvalue weighted by Crippen LogP contribution is -2.19.